The molecular weight excluding hydrogens is 262 g/mol. The van der Waals surface area contributed by atoms with E-state index in [1.54, 1.807) is 0 Å². The summed E-state index contributed by atoms with van der Waals surface area (Å²) >= 11 is 0. The van der Waals surface area contributed by atoms with Crippen molar-refractivity contribution >= 4 is 10.0 Å². The lowest BCUT2D eigenvalue weighted by Gasteiger charge is -2.16. The number of hydrogen-bond acceptors (Lipinski definition) is 5. The topological polar surface area (TPSA) is 102 Å². The van der Waals surface area contributed by atoms with E-state index in [0.717, 1.165) is 19.6 Å². The van der Waals surface area contributed by atoms with Gasteiger partial charge in [0.05, 0.1) is 6.61 Å². The smallest absolute Gasteiger partial charge is 0.330 e. The standard InChI is InChI=1S/C9H15N3O5S/c1-10-6-7(8(14)12(3)9(10)15)18(16,17)11(2)4-5-13/h6,13H,4-5H2,1-3H3. The summed E-state index contributed by atoms with van der Waals surface area (Å²) in [6, 6.07) is 0. The highest BCUT2D eigenvalue weighted by Gasteiger charge is 2.25. The van der Waals surface area contributed by atoms with Crippen LogP contribution in [0.4, 0.5) is 0 Å². The third kappa shape index (κ3) is 2.37. The number of nitrogens with zero attached hydrogens (tertiary/aromatic N) is 3. The summed E-state index contributed by atoms with van der Waals surface area (Å²) < 4.78 is 26.7. The Morgan fingerprint density at radius 3 is 2.39 bits per heavy atom. The van der Waals surface area contributed by atoms with Crippen LogP contribution in [0, 0.1) is 0 Å². The van der Waals surface area contributed by atoms with Gasteiger partial charge in [-0.25, -0.2) is 13.2 Å². The predicted molar refractivity (Wildman–Crippen MR) is 63.8 cm³/mol. The third-order valence-corrected chi connectivity index (χ3v) is 4.36. The Bertz CT molecular complexity index is 658. The molecule has 0 aliphatic carbocycles. The maximum atomic E-state index is 12.0. The van der Waals surface area contributed by atoms with Crippen molar-refractivity contribution in [1.82, 2.24) is 13.4 Å². The molecule has 0 aliphatic heterocycles. The Hall–Kier alpha value is -1.45. The second-order valence-electron chi connectivity index (χ2n) is 3.80. The van der Waals surface area contributed by atoms with Crippen LogP contribution in [0.15, 0.2) is 20.7 Å². The zero-order valence-corrected chi connectivity index (χ0v) is 11.1. The van der Waals surface area contributed by atoms with E-state index < -0.39 is 26.2 Å². The number of aryl methyl sites for hydroxylation is 1. The number of sulfonamides is 1. The molecular formula is C9H15N3O5S. The Balaban J connectivity index is 3.53. The first-order valence-corrected chi connectivity index (χ1v) is 6.51. The SMILES string of the molecule is CN(CCO)S(=O)(=O)c1cn(C)c(=O)n(C)c1=O. The van der Waals surface area contributed by atoms with Crippen LogP contribution >= 0.6 is 0 Å². The molecule has 1 N–H and O–H groups in total. The highest BCUT2D eigenvalue weighted by Crippen LogP contribution is 2.07. The molecule has 0 spiro atoms. The summed E-state index contributed by atoms with van der Waals surface area (Å²) in [6.07, 6.45) is 0.980. The minimum absolute atomic E-state index is 0.131. The molecule has 9 heteroatoms. The second kappa shape index (κ2) is 5.04. The largest absolute Gasteiger partial charge is 0.395 e. The monoisotopic (exact) mass is 277 g/mol. The van der Waals surface area contributed by atoms with Gasteiger partial charge in [-0.15, -0.1) is 0 Å². The van der Waals surface area contributed by atoms with E-state index in [0.29, 0.717) is 0 Å². The van der Waals surface area contributed by atoms with E-state index in [2.05, 4.69) is 0 Å². The van der Waals surface area contributed by atoms with Crippen LogP contribution in [0.2, 0.25) is 0 Å². The summed E-state index contributed by atoms with van der Waals surface area (Å²) in [7, 11) is -0.209. The van der Waals surface area contributed by atoms with Gasteiger partial charge in [-0.2, -0.15) is 4.31 Å². The van der Waals surface area contributed by atoms with Crippen LogP contribution in [0.3, 0.4) is 0 Å². The first kappa shape index (κ1) is 14.6. The average Bonchev–Trinajstić information content (AvgIpc) is 2.31. The lowest BCUT2D eigenvalue weighted by Crippen LogP contribution is -2.42. The number of aliphatic hydroxyl groups is 1. The second-order valence-corrected chi connectivity index (χ2v) is 5.81. The minimum Gasteiger partial charge on any atom is -0.395 e. The molecule has 0 bridgehead atoms. The van der Waals surface area contributed by atoms with E-state index in [9.17, 15) is 18.0 Å². The van der Waals surface area contributed by atoms with Crippen molar-refractivity contribution in [2.24, 2.45) is 14.1 Å². The van der Waals surface area contributed by atoms with E-state index >= 15 is 0 Å². The number of likely N-dealkylation sites (N-methyl/N-ethyl adjacent to an activating group) is 1. The van der Waals surface area contributed by atoms with Crippen molar-refractivity contribution < 1.29 is 13.5 Å². The van der Waals surface area contributed by atoms with Crippen molar-refractivity contribution in [1.29, 1.82) is 0 Å². The average molecular weight is 277 g/mol. The quantitative estimate of drug-likeness (QED) is 0.666. The van der Waals surface area contributed by atoms with Gasteiger partial charge in [0.25, 0.3) is 5.56 Å². The fourth-order valence-corrected chi connectivity index (χ4v) is 2.69. The van der Waals surface area contributed by atoms with Gasteiger partial charge in [-0.05, 0) is 0 Å². The molecule has 0 aromatic carbocycles. The van der Waals surface area contributed by atoms with Crippen molar-refractivity contribution in [2.45, 2.75) is 4.90 Å². The maximum Gasteiger partial charge on any atom is 0.330 e. The predicted octanol–water partition coefficient (Wildman–Crippen LogP) is -2.30. The highest BCUT2D eigenvalue weighted by molar-refractivity contribution is 7.89. The van der Waals surface area contributed by atoms with Crippen LogP contribution in [-0.4, -0.2) is 47.2 Å². The fraction of sp³-hybridized carbons (Fsp3) is 0.556. The Kier molecular flexibility index (Phi) is 4.09. The number of rotatable bonds is 4. The van der Waals surface area contributed by atoms with E-state index in [1.807, 2.05) is 0 Å². The number of aliphatic hydroxyl groups excluding tert-OH is 1. The Morgan fingerprint density at radius 1 is 1.33 bits per heavy atom. The molecule has 8 nitrogen and oxygen atoms in total. The molecule has 1 rings (SSSR count). The van der Waals surface area contributed by atoms with Crippen molar-refractivity contribution in [3.63, 3.8) is 0 Å². The van der Waals surface area contributed by atoms with Gasteiger partial charge in [0.1, 0.15) is 0 Å². The summed E-state index contributed by atoms with van der Waals surface area (Å²) in [5.41, 5.74) is -1.49. The van der Waals surface area contributed by atoms with Crippen molar-refractivity contribution in [2.75, 3.05) is 20.2 Å². The van der Waals surface area contributed by atoms with E-state index in [1.165, 1.54) is 21.1 Å². The minimum atomic E-state index is -4.01. The molecule has 1 aromatic rings. The number of hydrogen-bond donors (Lipinski definition) is 1. The van der Waals surface area contributed by atoms with Gasteiger partial charge in [0, 0.05) is 33.9 Å². The van der Waals surface area contributed by atoms with Crippen LogP contribution < -0.4 is 11.2 Å². The van der Waals surface area contributed by atoms with Crippen LogP contribution in [0.25, 0.3) is 0 Å². The normalized spacial score (nSPS) is 12.1. The first-order valence-electron chi connectivity index (χ1n) is 5.07. The van der Waals surface area contributed by atoms with Gasteiger partial charge < -0.3 is 9.67 Å². The number of aromatic nitrogens is 2. The van der Waals surface area contributed by atoms with Gasteiger partial charge in [-0.3, -0.25) is 9.36 Å². The lowest BCUT2D eigenvalue weighted by molar-refractivity contribution is 0.266. The Morgan fingerprint density at radius 2 is 1.89 bits per heavy atom. The van der Waals surface area contributed by atoms with Gasteiger partial charge >= 0.3 is 5.69 Å². The van der Waals surface area contributed by atoms with Gasteiger partial charge in [0.15, 0.2) is 4.90 Å². The molecule has 0 radical (unpaired) electrons. The molecule has 1 heterocycles. The molecule has 102 valence electrons. The molecule has 0 amide bonds. The molecule has 0 unspecified atom stereocenters. The molecule has 18 heavy (non-hydrogen) atoms. The van der Waals surface area contributed by atoms with E-state index in [-0.39, 0.29) is 13.2 Å². The maximum absolute atomic E-state index is 12.0. The summed E-state index contributed by atoms with van der Waals surface area (Å²) in [6.45, 7) is -0.490. The van der Waals surface area contributed by atoms with E-state index in [4.69, 9.17) is 5.11 Å². The van der Waals surface area contributed by atoms with Crippen LogP contribution in [0.1, 0.15) is 0 Å². The molecule has 0 saturated heterocycles. The van der Waals surface area contributed by atoms with Crippen molar-refractivity contribution in [3.8, 4) is 0 Å². The molecule has 0 atom stereocenters. The van der Waals surface area contributed by atoms with Gasteiger partial charge in [0.2, 0.25) is 10.0 Å². The zero-order valence-electron chi connectivity index (χ0n) is 10.3. The molecule has 0 saturated carbocycles. The van der Waals surface area contributed by atoms with Crippen molar-refractivity contribution in [3.05, 3.63) is 27.0 Å². The molecule has 0 aliphatic rings. The van der Waals surface area contributed by atoms with Crippen LogP contribution in [-0.2, 0) is 24.1 Å². The van der Waals surface area contributed by atoms with Gasteiger partial charge in [-0.1, -0.05) is 0 Å². The molecule has 1 aromatic heterocycles. The van der Waals surface area contributed by atoms with Crippen LogP contribution in [0.5, 0.6) is 0 Å². The molecule has 0 fully saturated rings. The third-order valence-electron chi connectivity index (χ3n) is 2.52. The summed E-state index contributed by atoms with van der Waals surface area (Å²) in [5, 5.41) is 8.72. The Labute approximate surface area is 104 Å². The lowest BCUT2D eigenvalue weighted by atomic mass is 10.6. The first-order chi connectivity index (χ1) is 8.23. The summed E-state index contributed by atoms with van der Waals surface area (Å²) in [4.78, 5) is 22.7. The highest BCUT2D eigenvalue weighted by atomic mass is 32.2. The fourth-order valence-electron chi connectivity index (χ4n) is 1.38. The zero-order chi connectivity index (χ0) is 14.1. The summed E-state index contributed by atoms with van der Waals surface area (Å²) in [5.74, 6) is 0.